The Kier molecular flexibility index (Phi) is 5.82. The highest BCUT2D eigenvalue weighted by Crippen LogP contribution is 2.35. The van der Waals surface area contributed by atoms with E-state index in [1.807, 2.05) is 42.7 Å². The van der Waals surface area contributed by atoms with E-state index in [1.165, 1.54) is 0 Å². The Hall–Kier alpha value is -2.58. The second-order valence-electron chi connectivity index (χ2n) is 8.39. The summed E-state index contributed by atoms with van der Waals surface area (Å²) in [5, 5.41) is 25.5. The number of hydrogen-bond acceptors (Lipinski definition) is 7. The van der Waals surface area contributed by atoms with Crippen LogP contribution in [0.5, 0.6) is 0 Å². The van der Waals surface area contributed by atoms with Gasteiger partial charge >= 0.3 is 0 Å². The van der Waals surface area contributed by atoms with Crippen LogP contribution in [0.15, 0.2) is 54.9 Å². The molecule has 3 heterocycles. The molecule has 0 radical (unpaired) electrons. The molecule has 0 bridgehead atoms. The van der Waals surface area contributed by atoms with Gasteiger partial charge in [0.1, 0.15) is 5.82 Å². The fraction of sp³-hybridized carbons (Fsp3) is 0.417. The molecule has 2 aromatic heterocycles. The van der Waals surface area contributed by atoms with E-state index in [0.717, 1.165) is 54.2 Å². The third kappa shape index (κ3) is 4.27. The average molecular weight is 421 g/mol. The first-order valence-corrected chi connectivity index (χ1v) is 10.9. The van der Waals surface area contributed by atoms with Crippen LogP contribution in [0.1, 0.15) is 23.5 Å². The van der Waals surface area contributed by atoms with E-state index in [2.05, 4.69) is 32.3 Å². The van der Waals surface area contributed by atoms with Crippen molar-refractivity contribution in [2.45, 2.75) is 37.1 Å². The summed E-state index contributed by atoms with van der Waals surface area (Å²) < 4.78 is 5.41. The number of ether oxygens (including phenoxy) is 1. The first-order valence-electron chi connectivity index (χ1n) is 10.9. The van der Waals surface area contributed by atoms with E-state index in [1.54, 1.807) is 0 Å². The number of morpholine rings is 1. The van der Waals surface area contributed by atoms with Crippen molar-refractivity contribution in [2.75, 3.05) is 31.2 Å². The fourth-order valence-corrected chi connectivity index (χ4v) is 4.68. The number of aliphatic hydroxyl groups excluding tert-OH is 2. The Labute approximate surface area is 181 Å². The second-order valence-corrected chi connectivity index (χ2v) is 8.39. The second kappa shape index (κ2) is 8.88. The summed E-state index contributed by atoms with van der Waals surface area (Å²) in [4.78, 5) is 11.4. The van der Waals surface area contributed by atoms with Crippen LogP contribution in [0.3, 0.4) is 0 Å². The van der Waals surface area contributed by atoms with Gasteiger partial charge in [-0.25, -0.2) is 4.98 Å². The van der Waals surface area contributed by atoms with Gasteiger partial charge in [0, 0.05) is 49.4 Å². The molecule has 7 heteroatoms. The van der Waals surface area contributed by atoms with E-state index >= 15 is 0 Å². The van der Waals surface area contributed by atoms with Gasteiger partial charge in [0.15, 0.2) is 0 Å². The number of pyridine rings is 2. The van der Waals surface area contributed by atoms with Crippen LogP contribution in [0.4, 0.5) is 5.82 Å². The summed E-state index contributed by atoms with van der Waals surface area (Å²) in [6, 6.07) is 14.0. The largest absolute Gasteiger partial charge is 0.390 e. The molecular weight excluding hydrogens is 392 g/mol. The third-order valence-electron chi connectivity index (χ3n) is 6.41. The van der Waals surface area contributed by atoms with E-state index in [0.29, 0.717) is 13.0 Å². The van der Waals surface area contributed by atoms with E-state index in [4.69, 9.17) is 4.74 Å². The molecule has 162 valence electrons. The van der Waals surface area contributed by atoms with Crippen LogP contribution >= 0.6 is 0 Å². The lowest BCUT2D eigenvalue weighted by molar-refractivity contribution is 0.0297. The fourth-order valence-electron chi connectivity index (χ4n) is 4.68. The molecule has 1 aliphatic heterocycles. The van der Waals surface area contributed by atoms with Crippen molar-refractivity contribution < 1.29 is 14.9 Å². The number of hydrogen-bond donors (Lipinski definition) is 3. The number of aliphatic hydroxyl groups is 2. The number of anilines is 1. The molecule has 1 saturated carbocycles. The first-order chi connectivity index (χ1) is 15.2. The third-order valence-corrected chi connectivity index (χ3v) is 6.41. The average Bonchev–Trinajstić information content (AvgIpc) is 3.11. The highest BCUT2D eigenvalue weighted by molar-refractivity contribution is 5.78. The van der Waals surface area contributed by atoms with Crippen molar-refractivity contribution in [3.63, 3.8) is 0 Å². The number of nitrogens with zero attached hydrogens (tertiary/aromatic N) is 3. The summed E-state index contributed by atoms with van der Waals surface area (Å²) >= 11 is 0. The van der Waals surface area contributed by atoms with Crippen molar-refractivity contribution >= 4 is 16.7 Å². The van der Waals surface area contributed by atoms with Gasteiger partial charge in [0.25, 0.3) is 0 Å². The molecular formula is C24H28N4O3. The summed E-state index contributed by atoms with van der Waals surface area (Å²) in [5.41, 5.74) is 3.04. The highest BCUT2D eigenvalue weighted by Gasteiger charge is 2.42. The highest BCUT2D eigenvalue weighted by atomic mass is 16.5. The molecule has 2 aliphatic rings. The predicted octanol–water partition coefficient (Wildman–Crippen LogP) is 1.83. The maximum absolute atomic E-state index is 10.6. The minimum Gasteiger partial charge on any atom is -0.390 e. The SMILES string of the molecule is OC1CC(c2ccc(N3CCOCC3)nc2)C(NCc2cnc3ccccc3c2)C1O. The molecule has 4 unspecified atom stereocenters. The first kappa shape index (κ1) is 20.3. The van der Waals surface area contributed by atoms with Gasteiger partial charge in [-0.3, -0.25) is 4.98 Å². The van der Waals surface area contributed by atoms with E-state index < -0.39 is 12.2 Å². The summed E-state index contributed by atoms with van der Waals surface area (Å²) in [6.45, 7) is 3.70. The minimum absolute atomic E-state index is 0.00958. The van der Waals surface area contributed by atoms with Gasteiger partial charge in [-0.2, -0.15) is 0 Å². The van der Waals surface area contributed by atoms with Gasteiger partial charge < -0.3 is 25.2 Å². The minimum atomic E-state index is -0.822. The number of fused-ring (bicyclic) bond motifs is 1. The number of rotatable bonds is 5. The summed E-state index contributed by atoms with van der Waals surface area (Å²) in [6.07, 6.45) is 2.68. The van der Waals surface area contributed by atoms with Crippen LogP contribution in [-0.2, 0) is 11.3 Å². The van der Waals surface area contributed by atoms with E-state index in [-0.39, 0.29) is 12.0 Å². The number of benzene rings is 1. The molecule has 0 spiro atoms. The Morgan fingerprint density at radius 2 is 1.87 bits per heavy atom. The Balaban J connectivity index is 1.30. The molecule has 3 aromatic rings. The molecule has 4 atom stereocenters. The summed E-state index contributed by atoms with van der Waals surface area (Å²) in [5.74, 6) is 0.933. The molecule has 1 saturated heterocycles. The van der Waals surface area contributed by atoms with Crippen molar-refractivity contribution in [1.29, 1.82) is 0 Å². The van der Waals surface area contributed by atoms with E-state index in [9.17, 15) is 10.2 Å². The quantitative estimate of drug-likeness (QED) is 0.580. The van der Waals surface area contributed by atoms with Gasteiger partial charge in [-0.05, 0) is 35.7 Å². The Morgan fingerprint density at radius 3 is 2.68 bits per heavy atom. The number of para-hydroxylation sites is 1. The van der Waals surface area contributed by atoms with Crippen LogP contribution in [-0.4, -0.2) is 64.7 Å². The van der Waals surface area contributed by atoms with Crippen LogP contribution < -0.4 is 10.2 Å². The van der Waals surface area contributed by atoms with Gasteiger partial charge in [0.2, 0.25) is 0 Å². The molecule has 3 N–H and O–H groups in total. The Bertz CT molecular complexity index is 1020. The van der Waals surface area contributed by atoms with Crippen molar-refractivity contribution in [1.82, 2.24) is 15.3 Å². The molecule has 2 fully saturated rings. The zero-order valence-electron chi connectivity index (χ0n) is 17.4. The predicted molar refractivity (Wildman–Crippen MR) is 119 cm³/mol. The van der Waals surface area contributed by atoms with Crippen LogP contribution in [0, 0.1) is 0 Å². The monoisotopic (exact) mass is 420 g/mol. The van der Waals surface area contributed by atoms with Crippen molar-refractivity contribution in [2.24, 2.45) is 0 Å². The van der Waals surface area contributed by atoms with Gasteiger partial charge in [-0.1, -0.05) is 24.3 Å². The molecule has 1 aliphatic carbocycles. The molecule has 7 nitrogen and oxygen atoms in total. The maximum atomic E-state index is 10.6. The maximum Gasteiger partial charge on any atom is 0.128 e. The lowest BCUT2D eigenvalue weighted by atomic mass is 9.94. The van der Waals surface area contributed by atoms with Crippen LogP contribution in [0.2, 0.25) is 0 Å². The topological polar surface area (TPSA) is 90.7 Å². The van der Waals surface area contributed by atoms with Gasteiger partial charge in [0.05, 0.1) is 30.9 Å². The normalized spacial score (nSPS) is 26.5. The number of aromatic nitrogens is 2. The van der Waals surface area contributed by atoms with Crippen molar-refractivity contribution in [3.05, 3.63) is 66.0 Å². The molecule has 1 aromatic carbocycles. The lowest BCUT2D eigenvalue weighted by Crippen LogP contribution is -2.42. The van der Waals surface area contributed by atoms with Crippen molar-refractivity contribution in [3.8, 4) is 0 Å². The Morgan fingerprint density at radius 1 is 1.03 bits per heavy atom. The zero-order valence-corrected chi connectivity index (χ0v) is 17.4. The standard InChI is InChI=1S/C24H28N4O3/c29-21-12-19(18-5-6-22(26-15-18)28-7-9-31-10-8-28)23(24(21)30)27-14-16-11-17-3-1-2-4-20(17)25-13-16/h1-6,11,13,15,19,21,23-24,27,29-30H,7-10,12,14H2. The van der Waals surface area contributed by atoms with Crippen LogP contribution in [0.25, 0.3) is 10.9 Å². The zero-order chi connectivity index (χ0) is 21.2. The lowest BCUT2D eigenvalue weighted by Gasteiger charge is -2.28. The molecule has 0 amide bonds. The smallest absolute Gasteiger partial charge is 0.128 e. The molecule has 31 heavy (non-hydrogen) atoms. The summed E-state index contributed by atoms with van der Waals surface area (Å²) in [7, 11) is 0. The molecule has 5 rings (SSSR count). The number of nitrogens with one attached hydrogen (secondary N) is 1. The van der Waals surface area contributed by atoms with Gasteiger partial charge in [-0.15, -0.1) is 0 Å².